The van der Waals surface area contributed by atoms with E-state index in [1.807, 2.05) is 0 Å². The summed E-state index contributed by atoms with van der Waals surface area (Å²) in [6.07, 6.45) is 1.51. The van der Waals surface area contributed by atoms with Crippen molar-refractivity contribution in [2.45, 2.75) is 0 Å². The topological polar surface area (TPSA) is 51.2 Å². The van der Waals surface area contributed by atoms with Crippen LogP contribution in [0.25, 0.3) is 0 Å². The Bertz CT molecular complexity index is 340. The number of anilines is 1. The lowest BCUT2D eigenvalue weighted by atomic mass is 10.3. The van der Waals surface area contributed by atoms with E-state index < -0.39 is 0 Å². The predicted molar refractivity (Wildman–Crippen MR) is 43.4 cm³/mol. The molecule has 5 heteroatoms. The van der Waals surface area contributed by atoms with Crippen molar-refractivity contribution in [3.63, 3.8) is 0 Å². The Morgan fingerprint density at radius 1 is 1.67 bits per heavy atom. The van der Waals surface area contributed by atoms with Gasteiger partial charge in [0, 0.05) is 6.20 Å². The van der Waals surface area contributed by atoms with E-state index in [4.69, 9.17) is 16.3 Å². The summed E-state index contributed by atoms with van der Waals surface area (Å²) in [5.74, 6) is 0.267. The van der Waals surface area contributed by atoms with Gasteiger partial charge in [-0.3, -0.25) is 4.79 Å². The van der Waals surface area contributed by atoms with Gasteiger partial charge in [-0.15, -0.1) is 0 Å². The Kier molecular flexibility index (Phi) is 1.62. The first-order valence-electron chi connectivity index (χ1n) is 3.34. The van der Waals surface area contributed by atoms with E-state index >= 15 is 0 Å². The number of ether oxygens (including phenoxy) is 1. The highest BCUT2D eigenvalue weighted by atomic mass is 35.5. The van der Waals surface area contributed by atoms with Crippen molar-refractivity contribution >= 4 is 23.2 Å². The second-order valence-electron chi connectivity index (χ2n) is 2.32. The van der Waals surface area contributed by atoms with Gasteiger partial charge in [-0.25, -0.2) is 4.98 Å². The monoisotopic (exact) mass is 184 g/mol. The molecule has 62 valence electrons. The molecule has 12 heavy (non-hydrogen) atoms. The van der Waals surface area contributed by atoms with Gasteiger partial charge in [-0.2, -0.15) is 0 Å². The van der Waals surface area contributed by atoms with Crippen LogP contribution in [0.2, 0.25) is 5.15 Å². The van der Waals surface area contributed by atoms with Crippen molar-refractivity contribution in [3.05, 3.63) is 17.4 Å². The highest BCUT2D eigenvalue weighted by Gasteiger charge is 2.18. The lowest BCUT2D eigenvalue weighted by Crippen LogP contribution is -2.25. The quantitative estimate of drug-likeness (QED) is 0.614. The van der Waals surface area contributed by atoms with Gasteiger partial charge in [-0.1, -0.05) is 11.6 Å². The van der Waals surface area contributed by atoms with Crippen molar-refractivity contribution in [1.29, 1.82) is 0 Å². The zero-order valence-electron chi connectivity index (χ0n) is 6.00. The fourth-order valence-corrected chi connectivity index (χ4v) is 1.20. The number of carbonyl (C=O) groups is 1. The highest BCUT2D eigenvalue weighted by molar-refractivity contribution is 6.31. The second-order valence-corrected chi connectivity index (χ2v) is 2.67. The minimum Gasteiger partial charge on any atom is -0.478 e. The standard InChI is InChI=1S/C7H5ClN2O2/c8-7-6-4(1-2-9-7)10-5(11)3-12-6/h1-2H,3H2,(H,10,11). The fraction of sp³-hybridized carbons (Fsp3) is 0.143. The van der Waals surface area contributed by atoms with Gasteiger partial charge in [0.1, 0.15) is 0 Å². The summed E-state index contributed by atoms with van der Waals surface area (Å²) >= 11 is 5.70. The largest absolute Gasteiger partial charge is 0.478 e. The molecule has 0 aromatic carbocycles. The van der Waals surface area contributed by atoms with Gasteiger partial charge in [0.05, 0.1) is 5.69 Å². The van der Waals surface area contributed by atoms with Crippen molar-refractivity contribution in [2.75, 3.05) is 11.9 Å². The molecule has 1 N–H and O–H groups in total. The zero-order valence-corrected chi connectivity index (χ0v) is 6.76. The molecule has 0 fully saturated rings. The molecule has 0 saturated heterocycles. The van der Waals surface area contributed by atoms with E-state index in [0.29, 0.717) is 11.4 Å². The van der Waals surface area contributed by atoms with Gasteiger partial charge in [-0.05, 0) is 6.07 Å². The predicted octanol–water partition coefficient (Wildman–Crippen LogP) is 1.07. The molecule has 4 nitrogen and oxygen atoms in total. The molecule has 1 aromatic rings. The van der Waals surface area contributed by atoms with Crippen LogP contribution in [0.4, 0.5) is 5.69 Å². The van der Waals surface area contributed by atoms with Crippen LogP contribution in [0.1, 0.15) is 0 Å². The number of amides is 1. The summed E-state index contributed by atoms with van der Waals surface area (Å²) < 4.78 is 5.06. The van der Waals surface area contributed by atoms with Crippen LogP contribution in [0, 0.1) is 0 Å². The summed E-state index contributed by atoms with van der Waals surface area (Å²) in [7, 11) is 0. The summed E-state index contributed by atoms with van der Waals surface area (Å²) in [6, 6.07) is 1.64. The number of hydrogen-bond donors (Lipinski definition) is 1. The lowest BCUT2D eigenvalue weighted by molar-refractivity contribution is -0.118. The molecule has 0 spiro atoms. The maximum atomic E-state index is 10.8. The molecule has 0 unspecified atom stereocenters. The van der Waals surface area contributed by atoms with E-state index in [9.17, 15) is 4.79 Å². The Morgan fingerprint density at radius 2 is 2.50 bits per heavy atom. The molecule has 2 rings (SSSR count). The van der Waals surface area contributed by atoms with Gasteiger partial charge in [0.15, 0.2) is 17.5 Å². The third kappa shape index (κ3) is 1.10. The van der Waals surface area contributed by atoms with E-state index in [1.165, 1.54) is 6.20 Å². The van der Waals surface area contributed by atoms with Crippen LogP contribution in [-0.4, -0.2) is 17.5 Å². The number of pyridine rings is 1. The average molecular weight is 185 g/mol. The number of rotatable bonds is 0. The number of hydrogen-bond acceptors (Lipinski definition) is 3. The molecule has 0 radical (unpaired) electrons. The van der Waals surface area contributed by atoms with Crippen molar-refractivity contribution in [3.8, 4) is 5.75 Å². The average Bonchev–Trinajstić information content (AvgIpc) is 2.04. The third-order valence-corrected chi connectivity index (χ3v) is 1.75. The number of carbonyl (C=O) groups excluding carboxylic acids is 1. The molecule has 1 aromatic heterocycles. The fourth-order valence-electron chi connectivity index (χ4n) is 0.982. The summed E-state index contributed by atoms with van der Waals surface area (Å²) in [6.45, 7) is -0.00157. The van der Waals surface area contributed by atoms with Crippen molar-refractivity contribution in [2.24, 2.45) is 0 Å². The van der Waals surface area contributed by atoms with Crippen LogP contribution < -0.4 is 10.1 Å². The Hall–Kier alpha value is -1.29. The van der Waals surface area contributed by atoms with Crippen LogP contribution in [0.3, 0.4) is 0 Å². The van der Waals surface area contributed by atoms with E-state index in [0.717, 1.165) is 0 Å². The first-order chi connectivity index (χ1) is 5.77. The maximum Gasteiger partial charge on any atom is 0.262 e. The number of fused-ring (bicyclic) bond motifs is 1. The summed E-state index contributed by atoms with van der Waals surface area (Å²) in [5.41, 5.74) is 0.575. The van der Waals surface area contributed by atoms with Crippen LogP contribution in [-0.2, 0) is 4.79 Å². The van der Waals surface area contributed by atoms with Crippen molar-refractivity contribution < 1.29 is 9.53 Å². The SMILES string of the molecule is O=C1COc2c(ccnc2Cl)N1. The van der Waals surface area contributed by atoms with Gasteiger partial charge in [0.25, 0.3) is 5.91 Å². The van der Waals surface area contributed by atoms with E-state index in [1.54, 1.807) is 6.07 Å². The van der Waals surface area contributed by atoms with Gasteiger partial charge < -0.3 is 10.1 Å². The summed E-state index contributed by atoms with van der Waals surface area (Å²) in [4.78, 5) is 14.6. The zero-order chi connectivity index (χ0) is 8.55. The van der Waals surface area contributed by atoms with Crippen molar-refractivity contribution in [1.82, 2.24) is 4.98 Å². The molecule has 2 heterocycles. The van der Waals surface area contributed by atoms with Gasteiger partial charge >= 0.3 is 0 Å². The van der Waals surface area contributed by atoms with Crippen LogP contribution >= 0.6 is 11.6 Å². The Morgan fingerprint density at radius 3 is 3.33 bits per heavy atom. The smallest absolute Gasteiger partial charge is 0.262 e. The van der Waals surface area contributed by atoms with Crippen LogP contribution in [0.15, 0.2) is 12.3 Å². The normalized spacial score (nSPS) is 14.6. The second kappa shape index (κ2) is 2.64. The Labute approximate surface area is 73.5 Å². The molecule has 0 aliphatic carbocycles. The first kappa shape index (κ1) is 7.36. The third-order valence-electron chi connectivity index (χ3n) is 1.48. The number of aromatic nitrogens is 1. The number of halogens is 1. The number of nitrogens with one attached hydrogen (secondary N) is 1. The van der Waals surface area contributed by atoms with Crippen LogP contribution in [0.5, 0.6) is 5.75 Å². The minimum atomic E-state index is -0.176. The van der Waals surface area contributed by atoms with E-state index in [2.05, 4.69) is 10.3 Å². The maximum absolute atomic E-state index is 10.8. The molecule has 1 aliphatic rings. The van der Waals surface area contributed by atoms with Gasteiger partial charge in [0.2, 0.25) is 0 Å². The first-order valence-corrected chi connectivity index (χ1v) is 3.72. The molecule has 0 atom stereocenters. The molecule has 0 saturated carbocycles. The molecule has 1 aliphatic heterocycles. The minimum absolute atomic E-state index is 0.00157. The molecular formula is C7H5ClN2O2. The molecule has 1 amide bonds. The summed E-state index contributed by atoms with van der Waals surface area (Å²) in [5, 5.41) is 2.88. The number of nitrogens with zero attached hydrogens (tertiary/aromatic N) is 1. The lowest BCUT2D eigenvalue weighted by Gasteiger charge is -2.17. The molecule has 0 bridgehead atoms. The Balaban J connectivity index is 2.48. The molecular weight excluding hydrogens is 180 g/mol. The highest BCUT2D eigenvalue weighted by Crippen LogP contribution is 2.32. The van der Waals surface area contributed by atoms with E-state index in [-0.39, 0.29) is 17.7 Å².